The fourth-order valence-electron chi connectivity index (χ4n) is 2.13. The van der Waals surface area contributed by atoms with Crippen LogP contribution in [0.15, 0.2) is 58.2 Å². The van der Waals surface area contributed by atoms with Crippen LogP contribution >= 0.6 is 34.4 Å². The van der Waals surface area contributed by atoms with Crippen molar-refractivity contribution in [1.82, 2.24) is 10.2 Å². The van der Waals surface area contributed by atoms with E-state index in [0.29, 0.717) is 23.1 Å². The molecule has 5 nitrogen and oxygen atoms in total. The third kappa shape index (κ3) is 5.05. The molecule has 3 aromatic rings. The topological polar surface area (TPSA) is 65.2 Å². The minimum atomic E-state index is 0.0382. The Kier molecular flexibility index (Phi) is 6.09. The van der Waals surface area contributed by atoms with Gasteiger partial charge < -0.3 is 9.15 Å². The molecule has 0 aliphatic carbocycles. The molecule has 3 rings (SSSR count). The molecule has 7 heteroatoms. The van der Waals surface area contributed by atoms with Gasteiger partial charge in [0.2, 0.25) is 5.89 Å². The molecule has 0 atom stereocenters. The summed E-state index contributed by atoms with van der Waals surface area (Å²) in [4.78, 5) is 12.2. The van der Waals surface area contributed by atoms with Crippen LogP contribution in [0.1, 0.15) is 21.8 Å². The Hall–Kier alpha value is -1.87. The standard InChI is InChI=1S/C18H15IN2O3S/c1-23-15-8-2-12(3-9-15)10-17-20-21-18(24-17)25-11-16(22)13-4-6-14(19)7-5-13/h2-9H,10-11H2,1H3. The first-order valence-electron chi connectivity index (χ1n) is 7.51. The maximum absolute atomic E-state index is 12.2. The molecule has 0 bridgehead atoms. The first kappa shape index (κ1) is 17.9. The normalized spacial score (nSPS) is 10.6. The van der Waals surface area contributed by atoms with E-state index in [0.717, 1.165) is 14.9 Å². The summed E-state index contributed by atoms with van der Waals surface area (Å²) in [7, 11) is 1.63. The molecule has 0 saturated carbocycles. The van der Waals surface area contributed by atoms with Crippen LogP contribution in [0.5, 0.6) is 5.75 Å². The molecule has 0 aliphatic rings. The van der Waals surface area contributed by atoms with E-state index in [4.69, 9.17) is 9.15 Å². The average Bonchev–Trinajstić information content (AvgIpc) is 3.08. The van der Waals surface area contributed by atoms with Crippen LogP contribution in [-0.4, -0.2) is 28.8 Å². The largest absolute Gasteiger partial charge is 0.497 e. The molecule has 0 saturated heterocycles. The summed E-state index contributed by atoms with van der Waals surface area (Å²) >= 11 is 3.46. The number of Topliss-reactive ketones (excluding diaryl/α,β-unsaturated/α-hetero) is 1. The zero-order valence-corrected chi connectivity index (χ0v) is 16.4. The van der Waals surface area contributed by atoms with Crippen LogP contribution in [0.2, 0.25) is 0 Å². The summed E-state index contributed by atoms with van der Waals surface area (Å²) in [5.41, 5.74) is 1.74. The maximum atomic E-state index is 12.2. The van der Waals surface area contributed by atoms with Crippen LogP contribution < -0.4 is 4.74 Å². The smallest absolute Gasteiger partial charge is 0.277 e. The second-order valence-corrected chi connectivity index (χ2v) is 7.38. The predicted molar refractivity (Wildman–Crippen MR) is 104 cm³/mol. The van der Waals surface area contributed by atoms with Crippen LogP contribution in [0.4, 0.5) is 0 Å². The Labute approximate surface area is 163 Å². The monoisotopic (exact) mass is 466 g/mol. The highest BCUT2D eigenvalue weighted by Gasteiger charge is 2.12. The molecule has 0 aliphatic heterocycles. The Balaban J connectivity index is 1.56. The van der Waals surface area contributed by atoms with E-state index in [1.54, 1.807) is 7.11 Å². The van der Waals surface area contributed by atoms with Crippen molar-refractivity contribution in [1.29, 1.82) is 0 Å². The number of halogens is 1. The number of nitrogens with zero attached hydrogens (tertiary/aromatic N) is 2. The van der Waals surface area contributed by atoms with Crippen LogP contribution in [-0.2, 0) is 6.42 Å². The highest BCUT2D eigenvalue weighted by atomic mass is 127. The summed E-state index contributed by atoms with van der Waals surface area (Å²) in [6, 6.07) is 15.2. The van der Waals surface area contributed by atoms with Gasteiger partial charge in [0.1, 0.15) is 5.75 Å². The molecule has 0 fully saturated rings. The number of thioether (sulfide) groups is 1. The summed E-state index contributed by atoms with van der Waals surface area (Å²) in [5, 5.41) is 8.43. The van der Waals surface area contributed by atoms with Gasteiger partial charge in [-0.2, -0.15) is 0 Å². The number of ether oxygens (including phenoxy) is 1. The van der Waals surface area contributed by atoms with E-state index in [1.807, 2.05) is 48.5 Å². The van der Waals surface area contributed by atoms with Crippen LogP contribution in [0, 0.1) is 3.57 Å². The molecule has 1 heterocycles. The molecule has 128 valence electrons. The molecule has 25 heavy (non-hydrogen) atoms. The lowest BCUT2D eigenvalue weighted by Crippen LogP contribution is -2.02. The number of benzene rings is 2. The average molecular weight is 466 g/mol. The highest BCUT2D eigenvalue weighted by molar-refractivity contribution is 14.1. The Morgan fingerprint density at radius 2 is 1.84 bits per heavy atom. The van der Waals surface area contributed by atoms with Gasteiger partial charge in [0.25, 0.3) is 5.22 Å². The van der Waals surface area contributed by atoms with Crippen molar-refractivity contribution < 1.29 is 13.9 Å². The molecule has 0 unspecified atom stereocenters. The second kappa shape index (κ2) is 8.48. The van der Waals surface area contributed by atoms with Crippen molar-refractivity contribution >= 4 is 40.1 Å². The van der Waals surface area contributed by atoms with Crippen molar-refractivity contribution in [3.63, 3.8) is 0 Å². The van der Waals surface area contributed by atoms with E-state index in [1.165, 1.54) is 11.8 Å². The third-order valence-electron chi connectivity index (χ3n) is 3.46. The number of hydrogen-bond acceptors (Lipinski definition) is 6. The molecular weight excluding hydrogens is 451 g/mol. The van der Waals surface area contributed by atoms with E-state index in [-0.39, 0.29) is 11.5 Å². The number of hydrogen-bond donors (Lipinski definition) is 0. The zero-order chi connectivity index (χ0) is 17.6. The van der Waals surface area contributed by atoms with E-state index in [9.17, 15) is 4.79 Å². The fraction of sp³-hybridized carbons (Fsp3) is 0.167. The SMILES string of the molecule is COc1ccc(Cc2nnc(SCC(=O)c3ccc(I)cc3)o2)cc1. The molecule has 2 aromatic carbocycles. The summed E-state index contributed by atoms with van der Waals surface area (Å²) < 4.78 is 11.8. The molecule has 0 spiro atoms. The minimum Gasteiger partial charge on any atom is -0.497 e. The van der Waals surface area contributed by atoms with Gasteiger partial charge in [-0.3, -0.25) is 4.79 Å². The molecule has 0 amide bonds. The number of methoxy groups -OCH3 is 1. The van der Waals surface area contributed by atoms with Gasteiger partial charge in [-0.05, 0) is 52.4 Å². The van der Waals surface area contributed by atoms with Crippen LogP contribution in [0.25, 0.3) is 0 Å². The van der Waals surface area contributed by atoms with E-state index < -0.39 is 0 Å². The number of carbonyl (C=O) groups excluding carboxylic acids is 1. The van der Waals surface area contributed by atoms with Crippen molar-refractivity contribution in [3.8, 4) is 5.75 Å². The van der Waals surface area contributed by atoms with Gasteiger partial charge in [0.15, 0.2) is 5.78 Å². The lowest BCUT2D eigenvalue weighted by molar-refractivity contribution is 0.102. The van der Waals surface area contributed by atoms with Crippen molar-refractivity contribution in [2.45, 2.75) is 11.6 Å². The molecule has 0 radical (unpaired) electrons. The number of ketones is 1. The Morgan fingerprint density at radius 1 is 1.12 bits per heavy atom. The first-order valence-corrected chi connectivity index (χ1v) is 9.57. The maximum Gasteiger partial charge on any atom is 0.277 e. The van der Waals surface area contributed by atoms with Gasteiger partial charge in [0, 0.05) is 9.13 Å². The molecule has 0 N–H and O–H groups in total. The summed E-state index contributed by atoms with van der Waals surface area (Å²) in [6.45, 7) is 0. The Bertz CT molecular complexity index is 848. The number of aromatic nitrogens is 2. The van der Waals surface area contributed by atoms with Gasteiger partial charge in [-0.1, -0.05) is 36.0 Å². The lowest BCUT2D eigenvalue weighted by Gasteiger charge is -2.01. The first-order chi connectivity index (χ1) is 12.1. The Morgan fingerprint density at radius 3 is 2.52 bits per heavy atom. The summed E-state index contributed by atoms with van der Waals surface area (Å²) in [5.74, 6) is 1.63. The summed E-state index contributed by atoms with van der Waals surface area (Å²) in [6.07, 6.45) is 0.544. The van der Waals surface area contributed by atoms with Crippen molar-refractivity contribution in [3.05, 3.63) is 69.1 Å². The number of carbonyl (C=O) groups is 1. The minimum absolute atomic E-state index is 0.0382. The highest BCUT2D eigenvalue weighted by Crippen LogP contribution is 2.20. The third-order valence-corrected chi connectivity index (χ3v) is 4.99. The van der Waals surface area contributed by atoms with Gasteiger partial charge in [-0.15, -0.1) is 10.2 Å². The number of rotatable bonds is 7. The van der Waals surface area contributed by atoms with Crippen LogP contribution in [0.3, 0.4) is 0 Å². The van der Waals surface area contributed by atoms with Crippen molar-refractivity contribution in [2.75, 3.05) is 12.9 Å². The lowest BCUT2D eigenvalue weighted by atomic mass is 10.1. The van der Waals surface area contributed by atoms with Crippen molar-refractivity contribution in [2.24, 2.45) is 0 Å². The predicted octanol–water partition coefficient (Wildman–Crippen LogP) is 4.25. The second-order valence-electron chi connectivity index (χ2n) is 5.21. The quantitative estimate of drug-likeness (QED) is 0.295. The van der Waals surface area contributed by atoms with Gasteiger partial charge in [0.05, 0.1) is 19.3 Å². The van der Waals surface area contributed by atoms with E-state index >= 15 is 0 Å². The molecule has 1 aromatic heterocycles. The van der Waals surface area contributed by atoms with E-state index in [2.05, 4.69) is 32.8 Å². The zero-order valence-electron chi connectivity index (χ0n) is 13.4. The van der Waals surface area contributed by atoms with Gasteiger partial charge in [-0.25, -0.2) is 0 Å². The molecular formula is C18H15IN2O3S. The van der Waals surface area contributed by atoms with Gasteiger partial charge >= 0.3 is 0 Å². The fourth-order valence-corrected chi connectivity index (χ4v) is 3.17.